The molecule has 0 aliphatic rings. The van der Waals surface area contributed by atoms with Crippen molar-refractivity contribution in [3.8, 4) is 22.6 Å². The van der Waals surface area contributed by atoms with E-state index in [-0.39, 0.29) is 5.56 Å². The van der Waals surface area contributed by atoms with E-state index in [1.54, 1.807) is 10.8 Å². The summed E-state index contributed by atoms with van der Waals surface area (Å²) in [6, 6.07) is 33.3. The van der Waals surface area contributed by atoms with Crippen molar-refractivity contribution < 1.29 is 0 Å². The first-order valence-electron chi connectivity index (χ1n) is 11.8. The molecule has 6 rings (SSSR count). The number of fused-ring (bicyclic) bond motifs is 2. The van der Waals surface area contributed by atoms with Gasteiger partial charge in [0.05, 0.1) is 33.8 Å². The van der Waals surface area contributed by atoms with Gasteiger partial charge in [-0.25, -0.2) is 9.97 Å². The SMILES string of the molecule is O=c1c2ccccc2nc(-c2ccccc2)n1C/C=C/c1ccc(-c2cnc3ccccc3n2)cc1. The molecule has 0 spiro atoms. The Kier molecular flexibility index (Phi) is 5.64. The Morgan fingerprint density at radius 3 is 2.17 bits per heavy atom. The second-order valence-electron chi connectivity index (χ2n) is 8.50. The lowest BCUT2D eigenvalue weighted by molar-refractivity contribution is 0.780. The molecule has 5 nitrogen and oxygen atoms in total. The van der Waals surface area contributed by atoms with Gasteiger partial charge in [-0.2, -0.15) is 0 Å². The quantitative estimate of drug-likeness (QED) is 0.295. The third kappa shape index (κ3) is 4.18. The van der Waals surface area contributed by atoms with Crippen LogP contribution in [0.2, 0.25) is 0 Å². The Morgan fingerprint density at radius 1 is 0.667 bits per heavy atom. The molecule has 0 atom stereocenters. The number of nitrogens with zero attached hydrogens (tertiary/aromatic N) is 4. The topological polar surface area (TPSA) is 60.7 Å². The van der Waals surface area contributed by atoms with E-state index < -0.39 is 0 Å². The molecule has 36 heavy (non-hydrogen) atoms. The van der Waals surface area contributed by atoms with Gasteiger partial charge in [-0.1, -0.05) is 91.0 Å². The van der Waals surface area contributed by atoms with Crippen LogP contribution in [-0.4, -0.2) is 19.5 Å². The van der Waals surface area contributed by atoms with Crippen LogP contribution in [0.4, 0.5) is 0 Å². The molecule has 0 saturated carbocycles. The molecule has 0 aliphatic heterocycles. The highest BCUT2D eigenvalue weighted by atomic mass is 16.1. The third-order valence-corrected chi connectivity index (χ3v) is 6.15. The maximum absolute atomic E-state index is 13.3. The average molecular weight is 467 g/mol. The molecule has 0 radical (unpaired) electrons. The van der Waals surface area contributed by atoms with Gasteiger partial charge in [0.25, 0.3) is 5.56 Å². The number of aromatic nitrogens is 4. The van der Waals surface area contributed by atoms with Crippen LogP contribution >= 0.6 is 0 Å². The first kappa shape index (κ1) is 21.6. The summed E-state index contributed by atoms with van der Waals surface area (Å²) in [4.78, 5) is 27.4. The molecule has 0 aliphatic carbocycles. The highest BCUT2D eigenvalue weighted by Gasteiger charge is 2.11. The molecular weight excluding hydrogens is 444 g/mol. The summed E-state index contributed by atoms with van der Waals surface area (Å²) in [5, 5.41) is 0.617. The number of rotatable bonds is 5. The summed E-state index contributed by atoms with van der Waals surface area (Å²) in [6.45, 7) is 0.415. The van der Waals surface area contributed by atoms with E-state index in [1.807, 2.05) is 115 Å². The molecule has 2 aromatic heterocycles. The fourth-order valence-electron chi connectivity index (χ4n) is 4.30. The van der Waals surface area contributed by atoms with Crippen LogP contribution in [-0.2, 0) is 6.54 Å². The molecule has 6 aromatic rings. The normalized spacial score (nSPS) is 11.4. The van der Waals surface area contributed by atoms with Crippen LogP contribution in [0.3, 0.4) is 0 Å². The Hall–Kier alpha value is -4.90. The number of hydrogen-bond acceptors (Lipinski definition) is 4. The van der Waals surface area contributed by atoms with Gasteiger partial charge >= 0.3 is 0 Å². The second-order valence-corrected chi connectivity index (χ2v) is 8.50. The minimum atomic E-state index is -0.0469. The number of hydrogen-bond donors (Lipinski definition) is 0. The lowest BCUT2D eigenvalue weighted by Crippen LogP contribution is -2.23. The van der Waals surface area contributed by atoms with Crippen molar-refractivity contribution in [2.75, 3.05) is 0 Å². The van der Waals surface area contributed by atoms with Crippen molar-refractivity contribution in [2.45, 2.75) is 6.54 Å². The van der Waals surface area contributed by atoms with Gasteiger partial charge in [-0.3, -0.25) is 14.3 Å². The summed E-state index contributed by atoms with van der Waals surface area (Å²) in [5.41, 5.74) is 6.21. The first-order valence-corrected chi connectivity index (χ1v) is 11.8. The Balaban J connectivity index is 1.29. The van der Waals surface area contributed by atoms with E-state index in [0.717, 1.165) is 33.4 Å². The van der Waals surface area contributed by atoms with Crippen molar-refractivity contribution in [1.29, 1.82) is 0 Å². The zero-order chi connectivity index (χ0) is 24.3. The van der Waals surface area contributed by atoms with E-state index in [0.29, 0.717) is 23.3 Å². The van der Waals surface area contributed by atoms with Crippen LogP contribution in [0, 0.1) is 0 Å². The van der Waals surface area contributed by atoms with Crippen molar-refractivity contribution in [3.63, 3.8) is 0 Å². The van der Waals surface area contributed by atoms with Crippen LogP contribution in [0.15, 0.2) is 120 Å². The summed E-state index contributed by atoms with van der Waals surface area (Å²) in [6.07, 6.45) is 5.82. The van der Waals surface area contributed by atoms with Gasteiger partial charge in [0.15, 0.2) is 0 Å². The molecule has 5 heteroatoms. The zero-order valence-electron chi connectivity index (χ0n) is 19.5. The van der Waals surface area contributed by atoms with Gasteiger partial charge in [-0.15, -0.1) is 0 Å². The Morgan fingerprint density at radius 2 is 1.36 bits per heavy atom. The largest absolute Gasteiger partial charge is 0.288 e. The van der Waals surface area contributed by atoms with Gasteiger partial charge < -0.3 is 0 Å². The number of para-hydroxylation sites is 3. The lowest BCUT2D eigenvalue weighted by atomic mass is 10.1. The molecule has 0 unspecified atom stereocenters. The highest BCUT2D eigenvalue weighted by Crippen LogP contribution is 2.21. The van der Waals surface area contributed by atoms with E-state index in [1.165, 1.54) is 0 Å². The molecule has 172 valence electrons. The Labute approximate surface area is 208 Å². The second kappa shape index (κ2) is 9.39. The molecule has 0 fully saturated rings. The fourth-order valence-corrected chi connectivity index (χ4v) is 4.30. The third-order valence-electron chi connectivity index (χ3n) is 6.15. The van der Waals surface area contributed by atoms with Crippen LogP contribution in [0.25, 0.3) is 50.7 Å². The lowest BCUT2D eigenvalue weighted by Gasteiger charge is -2.12. The van der Waals surface area contributed by atoms with E-state index in [2.05, 4.69) is 4.98 Å². The monoisotopic (exact) mass is 466 g/mol. The molecule has 2 heterocycles. The average Bonchev–Trinajstić information content (AvgIpc) is 2.95. The van der Waals surface area contributed by atoms with E-state index in [9.17, 15) is 4.79 Å². The van der Waals surface area contributed by atoms with Crippen molar-refractivity contribution >= 4 is 28.0 Å². The number of allylic oxidation sites excluding steroid dienone is 1. The molecule has 0 bridgehead atoms. The van der Waals surface area contributed by atoms with Crippen molar-refractivity contribution in [3.05, 3.63) is 131 Å². The fraction of sp³-hybridized carbons (Fsp3) is 0.0323. The van der Waals surface area contributed by atoms with Crippen LogP contribution < -0.4 is 5.56 Å². The van der Waals surface area contributed by atoms with Crippen LogP contribution in [0.1, 0.15) is 5.56 Å². The molecule has 0 amide bonds. The molecule has 0 saturated heterocycles. The molecular formula is C31H22N4O. The standard InChI is InChI=1S/C31H22N4O/c36-31-25-12-4-5-13-26(25)34-30(24-10-2-1-3-11-24)35(31)20-8-9-22-16-18-23(19-17-22)29-21-32-27-14-6-7-15-28(27)33-29/h1-19,21H,20H2/b9-8+. The summed E-state index contributed by atoms with van der Waals surface area (Å²) >= 11 is 0. The smallest absolute Gasteiger partial charge is 0.261 e. The number of benzene rings is 4. The predicted octanol–water partition coefficient (Wildman–Crippen LogP) is 6.39. The summed E-state index contributed by atoms with van der Waals surface area (Å²) < 4.78 is 1.73. The minimum Gasteiger partial charge on any atom is -0.288 e. The zero-order valence-corrected chi connectivity index (χ0v) is 19.5. The predicted molar refractivity (Wildman–Crippen MR) is 145 cm³/mol. The summed E-state index contributed by atoms with van der Waals surface area (Å²) in [7, 11) is 0. The van der Waals surface area contributed by atoms with Crippen LogP contribution in [0.5, 0.6) is 0 Å². The van der Waals surface area contributed by atoms with Crippen molar-refractivity contribution in [2.24, 2.45) is 0 Å². The van der Waals surface area contributed by atoms with Crippen molar-refractivity contribution in [1.82, 2.24) is 19.5 Å². The molecule has 4 aromatic carbocycles. The summed E-state index contributed by atoms with van der Waals surface area (Å²) in [5.74, 6) is 0.661. The van der Waals surface area contributed by atoms with Gasteiger partial charge in [0, 0.05) is 17.7 Å². The first-order chi connectivity index (χ1) is 17.8. The maximum Gasteiger partial charge on any atom is 0.261 e. The highest BCUT2D eigenvalue weighted by molar-refractivity contribution is 5.80. The molecule has 0 N–H and O–H groups in total. The minimum absolute atomic E-state index is 0.0469. The van der Waals surface area contributed by atoms with Gasteiger partial charge in [0.1, 0.15) is 5.82 Å². The van der Waals surface area contributed by atoms with E-state index in [4.69, 9.17) is 9.97 Å². The van der Waals surface area contributed by atoms with E-state index >= 15 is 0 Å². The van der Waals surface area contributed by atoms with Gasteiger partial charge in [0.2, 0.25) is 0 Å². The Bertz CT molecular complexity index is 1770. The maximum atomic E-state index is 13.3. The van der Waals surface area contributed by atoms with Gasteiger partial charge in [-0.05, 0) is 29.8 Å².